The van der Waals surface area contributed by atoms with Crippen molar-refractivity contribution in [1.82, 2.24) is 10.2 Å². The molecule has 3 aromatic rings. The Morgan fingerprint density at radius 2 is 1.62 bits per heavy atom. The third kappa shape index (κ3) is 4.38. The van der Waals surface area contributed by atoms with Crippen LogP contribution in [-0.4, -0.2) is 42.2 Å². The Hall–Kier alpha value is -4.46. The van der Waals surface area contributed by atoms with Gasteiger partial charge in [0.1, 0.15) is 17.8 Å². The lowest BCUT2D eigenvalue weighted by atomic mass is 9.92. The van der Waals surface area contributed by atoms with Crippen LogP contribution in [0.3, 0.4) is 0 Å². The summed E-state index contributed by atoms with van der Waals surface area (Å²) < 4.78 is 5.13. The van der Waals surface area contributed by atoms with Crippen LogP contribution >= 0.6 is 0 Å². The number of ether oxygens (including phenoxy) is 1. The minimum absolute atomic E-state index is 0.180. The van der Waals surface area contributed by atoms with Gasteiger partial charge in [-0.15, -0.1) is 0 Å². The van der Waals surface area contributed by atoms with Gasteiger partial charge in [0, 0.05) is 16.8 Å². The van der Waals surface area contributed by atoms with Gasteiger partial charge in [-0.1, -0.05) is 54.6 Å². The van der Waals surface area contributed by atoms with E-state index in [1.807, 2.05) is 6.07 Å². The largest absolute Gasteiger partial charge is 0.497 e. The van der Waals surface area contributed by atoms with Crippen molar-refractivity contribution in [3.05, 3.63) is 95.6 Å². The highest BCUT2D eigenvalue weighted by Crippen LogP contribution is 2.30. The summed E-state index contributed by atoms with van der Waals surface area (Å²) in [5, 5.41) is 5.32. The number of methoxy groups -OCH3 is 1. The van der Waals surface area contributed by atoms with Crippen LogP contribution in [0.2, 0.25) is 0 Å². The van der Waals surface area contributed by atoms with E-state index < -0.39 is 29.9 Å². The molecule has 0 aromatic heterocycles. The first kappa shape index (κ1) is 22.7. The highest BCUT2D eigenvalue weighted by Gasteiger charge is 2.49. The third-order valence-electron chi connectivity index (χ3n) is 5.69. The summed E-state index contributed by atoms with van der Waals surface area (Å²) in [6.07, 6.45) is 0. The molecule has 4 amide bonds. The van der Waals surface area contributed by atoms with E-state index in [0.717, 1.165) is 4.90 Å². The molecule has 172 valence electrons. The molecule has 0 bridgehead atoms. The van der Waals surface area contributed by atoms with E-state index in [9.17, 15) is 19.2 Å². The van der Waals surface area contributed by atoms with Crippen molar-refractivity contribution in [2.45, 2.75) is 12.5 Å². The van der Waals surface area contributed by atoms with E-state index in [1.165, 1.54) is 7.11 Å². The average molecular weight is 457 g/mol. The van der Waals surface area contributed by atoms with Crippen LogP contribution in [0.5, 0.6) is 5.75 Å². The van der Waals surface area contributed by atoms with Crippen LogP contribution in [-0.2, 0) is 15.1 Å². The van der Waals surface area contributed by atoms with Gasteiger partial charge in [-0.25, -0.2) is 4.79 Å². The molecule has 1 aliphatic rings. The van der Waals surface area contributed by atoms with Crippen LogP contribution < -0.4 is 15.4 Å². The van der Waals surface area contributed by atoms with E-state index in [4.69, 9.17) is 4.74 Å². The van der Waals surface area contributed by atoms with Crippen molar-refractivity contribution in [3.63, 3.8) is 0 Å². The van der Waals surface area contributed by atoms with Crippen LogP contribution in [0.4, 0.5) is 10.5 Å². The number of urea groups is 1. The van der Waals surface area contributed by atoms with Gasteiger partial charge in [-0.2, -0.15) is 0 Å². The molecule has 4 rings (SSSR count). The van der Waals surface area contributed by atoms with Crippen molar-refractivity contribution in [1.29, 1.82) is 0 Å². The second-order valence-electron chi connectivity index (χ2n) is 8.00. The Bertz CT molecular complexity index is 1260. The fourth-order valence-electron chi connectivity index (χ4n) is 3.80. The number of nitrogens with zero attached hydrogens (tertiary/aromatic N) is 1. The van der Waals surface area contributed by atoms with Gasteiger partial charge in [0.25, 0.3) is 5.91 Å². The lowest BCUT2D eigenvalue weighted by molar-refractivity contribution is -0.133. The molecule has 0 radical (unpaired) electrons. The van der Waals surface area contributed by atoms with Crippen LogP contribution in [0, 0.1) is 0 Å². The van der Waals surface area contributed by atoms with Gasteiger partial charge < -0.3 is 15.4 Å². The summed E-state index contributed by atoms with van der Waals surface area (Å²) >= 11 is 0. The molecule has 8 nitrogen and oxygen atoms in total. The lowest BCUT2D eigenvalue weighted by Gasteiger charge is -2.22. The molecular formula is C26H23N3O5. The summed E-state index contributed by atoms with van der Waals surface area (Å²) in [5.74, 6) is -0.660. The van der Waals surface area contributed by atoms with Gasteiger partial charge in [0.05, 0.1) is 7.11 Å². The topological polar surface area (TPSA) is 105 Å². The molecular weight excluding hydrogens is 434 g/mol. The van der Waals surface area contributed by atoms with Crippen molar-refractivity contribution in [2.24, 2.45) is 0 Å². The molecule has 1 heterocycles. The minimum atomic E-state index is -1.30. The number of anilines is 1. The Morgan fingerprint density at radius 3 is 2.29 bits per heavy atom. The third-order valence-corrected chi connectivity index (χ3v) is 5.69. The number of carbonyl (C=O) groups is 4. The summed E-state index contributed by atoms with van der Waals surface area (Å²) in [4.78, 5) is 51.8. The van der Waals surface area contributed by atoms with E-state index in [-0.39, 0.29) is 5.78 Å². The number of hydrogen-bond acceptors (Lipinski definition) is 5. The first-order chi connectivity index (χ1) is 16.3. The second-order valence-corrected chi connectivity index (χ2v) is 8.00. The van der Waals surface area contributed by atoms with Crippen LogP contribution in [0.15, 0.2) is 78.9 Å². The Kier molecular flexibility index (Phi) is 6.14. The summed E-state index contributed by atoms with van der Waals surface area (Å²) in [6, 6.07) is 21.4. The summed E-state index contributed by atoms with van der Waals surface area (Å²) in [6.45, 7) is 1.12. The first-order valence-electron chi connectivity index (χ1n) is 10.6. The Labute approximate surface area is 196 Å². The number of imide groups is 1. The predicted octanol–water partition coefficient (Wildman–Crippen LogP) is 3.33. The van der Waals surface area contributed by atoms with Gasteiger partial charge in [0.15, 0.2) is 5.78 Å². The monoisotopic (exact) mass is 457 g/mol. The molecule has 1 unspecified atom stereocenters. The highest BCUT2D eigenvalue weighted by atomic mass is 16.5. The van der Waals surface area contributed by atoms with Crippen molar-refractivity contribution in [2.75, 3.05) is 19.0 Å². The molecule has 1 saturated heterocycles. The Morgan fingerprint density at radius 1 is 0.941 bits per heavy atom. The van der Waals surface area contributed by atoms with E-state index in [0.29, 0.717) is 28.1 Å². The number of hydrogen-bond donors (Lipinski definition) is 2. The zero-order valence-electron chi connectivity index (χ0n) is 18.7. The maximum absolute atomic E-state index is 13.1. The van der Waals surface area contributed by atoms with E-state index in [1.54, 1.807) is 79.7 Å². The molecule has 8 heteroatoms. The number of rotatable bonds is 7. The summed E-state index contributed by atoms with van der Waals surface area (Å²) in [7, 11) is 1.53. The molecule has 34 heavy (non-hydrogen) atoms. The average Bonchev–Trinajstić information content (AvgIpc) is 3.08. The highest BCUT2D eigenvalue weighted by molar-refractivity contribution is 6.11. The minimum Gasteiger partial charge on any atom is -0.497 e. The number of carbonyl (C=O) groups excluding carboxylic acids is 4. The quantitative estimate of drug-likeness (QED) is 0.418. The molecule has 3 aromatic carbocycles. The van der Waals surface area contributed by atoms with Crippen molar-refractivity contribution >= 4 is 29.3 Å². The fourth-order valence-corrected chi connectivity index (χ4v) is 3.80. The summed E-state index contributed by atoms with van der Waals surface area (Å²) in [5.41, 5.74) is 0.596. The molecule has 2 N–H and O–H groups in total. The second kappa shape index (κ2) is 9.19. The zero-order chi connectivity index (χ0) is 24.3. The van der Waals surface area contributed by atoms with E-state index in [2.05, 4.69) is 10.6 Å². The smallest absolute Gasteiger partial charge is 0.325 e. The van der Waals surface area contributed by atoms with Gasteiger partial charge >= 0.3 is 6.03 Å². The molecule has 1 fully saturated rings. The number of nitrogens with one attached hydrogen (secondary N) is 2. The van der Waals surface area contributed by atoms with Gasteiger partial charge in [-0.05, 0) is 36.8 Å². The Balaban J connectivity index is 1.45. The lowest BCUT2D eigenvalue weighted by Crippen LogP contribution is -2.42. The molecule has 0 spiro atoms. The van der Waals surface area contributed by atoms with E-state index >= 15 is 0 Å². The molecule has 1 atom stereocenters. The predicted molar refractivity (Wildman–Crippen MR) is 126 cm³/mol. The normalized spacial score (nSPS) is 17.3. The fraction of sp³-hybridized carbons (Fsp3) is 0.154. The van der Waals surface area contributed by atoms with Gasteiger partial charge in [0.2, 0.25) is 5.91 Å². The standard InChI is InChI=1S/C26H23N3O5/c1-26(19-11-13-21(34-2)14-12-19)24(32)29(25(33)28-26)16-22(30)27-20-10-6-9-18(15-20)23(31)17-7-4-3-5-8-17/h3-15H,16H2,1-2H3,(H,27,30)(H,28,33). The molecule has 1 aliphatic heterocycles. The van der Waals surface area contributed by atoms with Crippen molar-refractivity contribution in [3.8, 4) is 5.75 Å². The molecule has 0 saturated carbocycles. The van der Waals surface area contributed by atoms with Crippen LogP contribution in [0.1, 0.15) is 28.4 Å². The zero-order valence-corrected chi connectivity index (χ0v) is 18.7. The number of amides is 4. The maximum atomic E-state index is 13.1. The SMILES string of the molecule is COc1ccc(C2(C)NC(=O)N(CC(=O)Nc3cccc(C(=O)c4ccccc4)c3)C2=O)cc1. The van der Waals surface area contributed by atoms with Crippen molar-refractivity contribution < 1.29 is 23.9 Å². The number of ketones is 1. The molecule has 0 aliphatic carbocycles. The first-order valence-corrected chi connectivity index (χ1v) is 10.6. The van der Waals surface area contributed by atoms with Gasteiger partial charge in [-0.3, -0.25) is 19.3 Å². The maximum Gasteiger partial charge on any atom is 0.325 e. The van der Waals surface area contributed by atoms with Crippen LogP contribution in [0.25, 0.3) is 0 Å². The number of benzene rings is 3.